The highest BCUT2D eigenvalue weighted by atomic mass is 16.5. The summed E-state index contributed by atoms with van der Waals surface area (Å²) in [4.78, 5) is 14.2. The Hall–Kier alpha value is -2.10. The average Bonchev–Trinajstić information content (AvgIpc) is 3.27. The third kappa shape index (κ3) is 14.2. The molecule has 1 aromatic carbocycles. The fourth-order valence-electron chi connectivity index (χ4n) is 5.38. The van der Waals surface area contributed by atoms with Crippen molar-refractivity contribution in [2.45, 2.75) is 124 Å². The number of benzene rings is 1. The van der Waals surface area contributed by atoms with Crippen LogP contribution in [0.3, 0.4) is 0 Å². The van der Waals surface area contributed by atoms with E-state index < -0.39 is 0 Å². The molecule has 0 aliphatic carbocycles. The predicted molar refractivity (Wildman–Crippen MR) is 162 cm³/mol. The molecule has 1 heterocycles. The van der Waals surface area contributed by atoms with Gasteiger partial charge in [0.05, 0.1) is 0 Å². The predicted octanol–water partition coefficient (Wildman–Crippen LogP) is 8.54. The van der Waals surface area contributed by atoms with Crippen LogP contribution in [-0.2, 0) is 16.1 Å². The first-order chi connectivity index (χ1) is 18.5. The molecular formula is C34H57N2O2+. The third-order valence-electron chi connectivity index (χ3n) is 7.71. The van der Waals surface area contributed by atoms with Crippen molar-refractivity contribution in [3.63, 3.8) is 0 Å². The molecule has 0 unspecified atom stereocenters. The van der Waals surface area contributed by atoms with Gasteiger partial charge in [-0.25, -0.2) is 4.79 Å². The highest BCUT2D eigenvalue weighted by molar-refractivity contribution is 5.87. The second-order valence-corrected chi connectivity index (χ2v) is 11.8. The van der Waals surface area contributed by atoms with Crippen LogP contribution < -0.4 is 0 Å². The summed E-state index contributed by atoms with van der Waals surface area (Å²) in [5.74, 6) is 2.00. The zero-order valence-corrected chi connectivity index (χ0v) is 25.0. The molecule has 0 spiro atoms. The molecule has 0 saturated heterocycles. The maximum atomic E-state index is 11.8. The first kappa shape index (κ1) is 32.1. The van der Waals surface area contributed by atoms with E-state index in [2.05, 4.69) is 60.2 Å². The Balaban J connectivity index is 1.61. The number of nitrogens with zero attached hydrogens (tertiary/aromatic N) is 2. The summed E-state index contributed by atoms with van der Waals surface area (Å²) < 4.78 is 7.92. The summed E-state index contributed by atoms with van der Waals surface area (Å²) in [5.41, 5.74) is 1.82. The van der Waals surface area contributed by atoms with Crippen LogP contribution in [0.4, 0.5) is 0 Å². The van der Waals surface area contributed by atoms with Gasteiger partial charge in [-0.2, -0.15) is 0 Å². The van der Waals surface area contributed by atoms with E-state index in [1.54, 1.807) is 6.92 Å². The monoisotopic (exact) mass is 525 g/mol. The maximum Gasteiger partial charge on any atom is 0.333 e. The molecule has 0 N–H and O–H groups in total. The Labute approximate surface area is 234 Å². The van der Waals surface area contributed by atoms with Crippen molar-refractivity contribution >= 4 is 11.8 Å². The zero-order valence-electron chi connectivity index (χ0n) is 25.0. The third-order valence-corrected chi connectivity index (χ3v) is 7.71. The normalized spacial score (nSPS) is 13.5. The van der Waals surface area contributed by atoms with Crippen molar-refractivity contribution in [1.82, 2.24) is 4.90 Å². The standard InChI is InChI=1S/C34H57N2O2/c1-30(2)21-17-14-12-10-8-6-5-7-9-11-13-15-20-24-33-35(27-28-38-34(37)31(3)4)25-26-36(33)29-32-22-18-16-19-23-32/h16,18-19,22-23,30H,3,5-15,17,20-21,24-29H2,1-2,4H3/q+1. The van der Waals surface area contributed by atoms with Crippen molar-refractivity contribution in [2.24, 2.45) is 5.92 Å². The van der Waals surface area contributed by atoms with Gasteiger partial charge >= 0.3 is 5.97 Å². The van der Waals surface area contributed by atoms with Gasteiger partial charge in [0.2, 0.25) is 5.84 Å². The van der Waals surface area contributed by atoms with Crippen LogP contribution in [-0.4, -0.2) is 47.5 Å². The molecule has 2 rings (SSSR count). The van der Waals surface area contributed by atoms with E-state index in [4.69, 9.17) is 4.74 Å². The molecular weight excluding hydrogens is 468 g/mol. The van der Waals surface area contributed by atoms with Gasteiger partial charge in [0.1, 0.15) is 32.8 Å². The van der Waals surface area contributed by atoms with E-state index in [1.807, 2.05) is 0 Å². The smallest absolute Gasteiger partial charge is 0.333 e. The van der Waals surface area contributed by atoms with Crippen LogP contribution in [0.15, 0.2) is 42.5 Å². The molecule has 38 heavy (non-hydrogen) atoms. The zero-order chi connectivity index (χ0) is 27.4. The van der Waals surface area contributed by atoms with E-state index in [9.17, 15) is 4.79 Å². The van der Waals surface area contributed by atoms with Gasteiger partial charge in [-0.15, -0.1) is 0 Å². The molecule has 1 aliphatic rings. The van der Waals surface area contributed by atoms with Gasteiger partial charge < -0.3 is 4.74 Å². The highest BCUT2D eigenvalue weighted by Gasteiger charge is 2.29. The van der Waals surface area contributed by atoms with Crippen molar-refractivity contribution in [2.75, 3.05) is 26.2 Å². The topological polar surface area (TPSA) is 32.5 Å². The molecule has 0 atom stereocenters. The van der Waals surface area contributed by atoms with Crippen molar-refractivity contribution < 1.29 is 14.1 Å². The number of hydrogen-bond acceptors (Lipinski definition) is 3. The van der Waals surface area contributed by atoms with Gasteiger partial charge in [0.15, 0.2) is 0 Å². The number of amidine groups is 1. The van der Waals surface area contributed by atoms with Crippen LogP contribution >= 0.6 is 0 Å². The maximum absolute atomic E-state index is 11.8. The largest absolute Gasteiger partial charge is 0.458 e. The van der Waals surface area contributed by atoms with Gasteiger partial charge in [-0.1, -0.05) is 134 Å². The molecule has 1 aromatic rings. The molecule has 214 valence electrons. The lowest BCUT2D eigenvalue weighted by molar-refractivity contribution is -0.535. The Morgan fingerprint density at radius 3 is 2.00 bits per heavy atom. The van der Waals surface area contributed by atoms with Gasteiger partial charge in [-0.05, 0) is 24.8 Å². The summed E-state index contributed by atoms with van der Waals surface area (Å²) in [6.45, 7) is 14.2. The molecule has 0 saturated carbocycles. The minimum Gasteiger partial charge on any atom is -0.458 e. The fraction of sp³-hybridized carbons (Fsp3) is 0.706. The first-order valence-corrected chi connectivity index (χ1v) is 15.7. The molecule has 0 aromatic heterocycles. The Morgan fingerprint density at radius 2 is 1.45 bits per heavy atom. The Bertz CT molecular complexity index is 815. The second-order valence-electron chi connectivity index (χ2n) is 11.8. The van der Waals surface area contributed by atoms with E-state index >= 15 is 0 Å². The van der Waals surface area contributed by atoms with Crippen LogP contribution in [0.1, 0.15) is 123 Å². The van der Waals surface area contributed by atoms with Crippen molar-refractivity contribution in [3.8, 4) is 0 Å². The van der Waals surface area contributed by atoms with Crippen molar-refractivity contribution in [1.29, 1.82) is 0 Å². The summed E-state index contributed by atoms with van der Waals surface area (Å²) in [5, 5.41) is 0. The van der Waals surface area contributed by atoms with E-state index in [1.165, 1.54) is 101 Å². The number of unbranched alkanes of at least 4 members (excludes halogenated alkanes) is 12. The number of hydrogen-bond donors (Lipinski definition) is 0. The highest BCUT2D eigenvalue weighted by Crippen LogP contribution is 2.16. The quantitative estimate of drug-likeness (QED) is 0.0658. The van der Waals surface area contributed by atoms with E-state index in [-0.39, 0.29) is 5.97 Å². The Kier molecular flexibility index (Phi) is 16.8. The lowest BCUT2D eigenvalue weighted by Gasteiger charge is -2.14. The average molecular weight is 526 g/mol. The van der Waals surface area contributed by atoms with Gasteiger partial charge in [-0.3, -0.25) is 9.48 Å². The number of esters is 1. The lowest BCUT2D eigenvalue weighted by atomic mass is 10.0. The summed E-state index contributed by atoms with van der Waals surface area (Å²) in [6.07, 6.45) is 20.6. The second kappa shape index (κ2) is 19.9. The number of ether oxygens (including phenoxy) is 1. The lowest BCUT2D eigenvalue weighted by Crippen LogP contribution is -2.33. The van der Waals surface area contributed by atoms with E-state index in [0.717, 1.165) is 38.5 Å². The van der Waals surface area contributed by atoms with Crippen LogP contribution in [0.2, 0.25) is 0 Å². The Morgan fingerprint density at radius 1 is 0.895 bits per heavy atom. The molecule has 4 nitrogen and oxygen atoms in total. The summed E-state index contributed by atoms with van der Waals surface area (Å²) in [6, 6.07) is 10.7. The van der Waals surface area contributed by atoms with Crippen LogP contribution in [0.5, 0.6) is 0 Å². The number of carbonyl (C=O) groups is 1. The van der Waals surface area contributed by atoms with Gasteiger partial charge in [0, 0.05) is 12.0 Å². The molecule has 0 amide bonds. The van der Waals surface area contributed by atoms with Gasteiger partial charge in [0.25, 0.3) is 0 Å². The van der Waals surface area contributed by atoms with E-state index in [0.29, 0.717) is 12.2 Å². The summed E-state index contributed by atoms with van der Waals surface area (Å²) in [7, 11) is 0. The molecule has 0 bridgehead atoms. The molecule has 0 fully saturated rings. The summed E-state index contributed by atoms with van der Waals surface area (Å²) >= 11 is 0. The van der Waals surface area contributed by atoms with Crippen LogP contribution in [0.25, 0.3) is 0 Å². The SMILES string of the molecule is C=C(C)C(=O)OCCN1CC[N+](Cc2ccccc2)=C1CCCCCCCCCCCCCCCC(C)C. The molecule has 0 radical (unpaired) electrons. The molecule has 4 heteroatoms. The minimum atomic E-state index is -0.288. The minimum absolute atomic E-state index is 0.288. The number of rotatable bonds is 22. The first-order valence-electron chi connectivity index (χ1n) is 15.7. The van der Waals surface area contributed by atoms with Crippen molar-refractivity contribution in [3.05, 3.63) is 48.0 Å². The number of carbonyl (C=O) groups excluding carboxylic acids is 1. The van der Waals surface area contributed by atoms with Crippen LogP contribution in [0, 0.1) is 5.92 Å². The fourth-order valence-corrected chi connectivity index (χ4v) is 5.38. The molecule has 1 aliphatic heterocycles.